The third-order valence-electron chi connectivity index (χ3n) is 7.30. The molecule has 2 heterocycles. The smallest absolute Gasteiger partial charge is 0.254 e. The monoisotopic (exact) mass is 536 g/mol. The van der Waals surface area contributed by atoms with E-state index in [1.807, 2.05) is 47.4 Å². The minimum absolute atomic E-state index is 0.0514. The fourth-order valence-corrected chi connectivity index (χ4v) is 5.09. The van der Waals surface area contributed by atoms with Crippen LogP contribution in [0.5, 0.6) is 0 Å². The molecule has 9 nitrogen and oxygen atoms in total. The lowest BCUT2D eigenvalue weighted by molar-refractivity contribution is -0.115. The Bertz CT molecular complexity index is 1400. The molecule has 3 amide bonds. The summed E-state index contributed by atoms with van der Waals surface area (Å²) >= 11 is 0. The fourth-order valence-electron chi connectivity index (χ4n) is 5.09. The maximum Gasteiger partial charge on any atom is 0.254 e. The summed E-state index contributed by atoms with van der Waals surface area (Å²) in [6.07, 6.45) is 0.225. The lowest BCUT2D eigenvalue weighted by Crippen LogP contribution is -2.49. The van der Waals surface area contributed by atoms with E-state index >= 15 is 0 Å². The highest BCUT2D eigenvalue weighted by Crippen LogP contribution is 2.29. The lowest BCUT2D eigenvalue weighted by atomic mass is 10.1. The van der Waals surface area contributed by atoms with Crippen LogP contribution >= 0.6 is 0 Å². The standard InChI is InChI=1S/C31H32N6O3/c32-22-24-6-8-25(9-7-24)30(39)37-18-16-35(17-19-37)28-11-10-26(31(40)36-14-12-33-13-15-36)21-27(28)34-29(38)20-23-4-2-1-3-5-23/h1-11,21,33H,12-20H2,(H,34,38). The second-order valence-electron chi connectivity index (χ2n) is 9.95. The van der Waals surface area contributed by atoms with Crippen molar-refractivity contribution < 1.29 is 14.4 Å². The average Bonchev–Trinajstić information content (AvgIpc) is 3.01. The minimum Gasteiger partial charge on any atom is -0.366 e. The van der Waals surface area contributed by atoms with Crippen LogP contribution in [0.2, 0.25) is 0 Å². The highest BCUT2D eigenvalue weighted by Gasteiger charge is 2.25. The summed E-state index contributed by atoms with van der Waals surface area (Å²) in [4.78, 5) is 45.0. The maximum atomic E-state index is 13.2. The van der Waals surface area contributed by atoms with E-state index < -0.39 is 0 Å². The van der Waals surface area contributed by atoms with E-state index in [1.165, 1.54) is 0 Å². The molecule has 2 aliphatic heterocycles. The summed E-state index contributed by atoms with van der Waals surface area (Å²) in [6.45, 7) is 4.99. The van der Waals surface area contributed by atoms with Crippen LogP contribution in [0.1, 0.15) is 31.8 Å². The first-order chi connectivity index (χ1) is 19.5. The van der Waals surface area contributed by atoms with Crippen molar-refractivity contribution in [2.75, 3.05) is 62.6 Å². The molecule has 204 valence electrons. The normalized spacial score (nSPS) is 15.3. The second kappa shape index (κ2) is 12.5. The van der Waals surface area contributed by atoms with Crippen molar-refractivity contribution in [3.05, 3.63) is 95.1 Å². The zero-order chi connectivity index (χ0) is 27.9. The van der Waals surface area contributed by atoms with Crippen LogP contribution in [-0.4, -0.2) is 79.9 Å². The molecular weight excluding hydrogens is 504 g/mol. The van der Waals surface area contributed by atoms with E-state index in [0.717, 1.165) is 24.3 Å². The number of rotatable bonds is 6. The van der Waals surface area contributed by atoms with Crippen LogP contribution in [0.15, 0.2) is 72.8 Å². The van der Waals surface area contributed by atoms with Crippen LogP contribution in [0.4, 0.5) is 11.4 Å². The van der Waals surface area contributed by atoms with Gasteiger partial charge in [0.2, 0.25) is 5.91 Å². The summed E-state index contributed by atoms with van der Waals surface area (Å²) in [5.41, 5.74) is 3.93. The van der Waals surface area contributed by atoms with Crippen molar-refractivity contribution in [2.24, 2.45) is 0 Å². The Hall–Kier alpha value is -4.68. The number of carbonyl (C=O) groups excluding carboxylic acids is 3. The third kappa shape index (κ3) is 6.30. The summed E-state index contributed by atoms with van der Waals surface area (Å²) in [5.74, 6) is -0.282. The van der Waals surface area contributed by atoms with Gasteiger partial charge >= 0.3 is 0 Å². The molecule has 0 unspecified atom stereocenters. The number of hydrogen-bond acceptors (Lipinski definition) is 6. The molecule has 0 aliphatic carbocycles. The topological polar surface area (TPSA) is 109 Å². The largest absolute Gasteiger partial charge is 0.366 e. The first kappa shape index (κ1) is 26.9. The Balaban J connectivity index is 1.32. The number of piperazine rings is 2. The summed E-state index contributed by atoms with van der Waals surface area (Å²) < 4.78 is 0. The van der Waals surface area contributed by atoms with Gasteiger partial charge in [-0.05, 0) is 48.0 Å². The molecule has 0 bridgehead atoms. The molecule has 0 aromatic heterocycles. The zero-order valence-electron chi connectivity index (χ0n) is 22.3. The molecule has 0 saturated carbocycles. The van der Waals surface area contributed by atoms with Crippen LogP contribution in [0.25, 0.3) is 0 Å². The molecule has 2 aliphatic rings. The number of benzene rings is 3. The number of anilines is 2. The highest BCUT2D eigenvalue weighted by molar-refractivity contribution is 6.00. The Labute approximate surface area is 234 Å². The van der Waals surface area contributed by atoms with Gasteiger partial charge in [0.25, 0.3) is 11.8 Å². The SMILES string of the molecule is N#Cc1ccc(C(=O)N2CCN(c3ccc(C(=O)N4CCNCC4)cc3NC(=O)Cc3ccccc3)CC2)cc1. The van der Waals surface area contributed by atoms with Crippen LogP contribution in [0.3, 0.4) is 0 Å². The predicted molar refractivity (Wildman–Crippen MR) is 153 cm³/mol. The lowest BCUT2D eigenvalue weighted by Gasteiger charge is -2.37. The van der Waals surface area contributed by atoms with Gasteiger partial charge in [-0.3, -0.25) is 14.4 Å². The van der Waals surface area contributed by atoms with Gasteiger partial charge in [-0.25, -0.2) is 0 Å². The van der Waals surface area contributed by atoms with Gasteiger partial charge in [0, 0.05) is 63.5 Å². The van der Waals surface area contributed by atoms with Gasteiger partial charge in [-0.1, -0.05) is 30.3 Å². The average molecular weight is 537 g/mol. The molecule has 3 aromatic carbocycles. The Kier molecular flexibility index (Phi) is 8.38. The van der Waals surface area contributed by atoms with Crippen LogP contribution in [0, 0.1) is 11.3 Å². The summed E-state index contributed by atoms with van der Waals surface area (Å²) in [7, 11) is 0. The summed E-state index contributed by atoms with van der Waals surface area (Å²) in [6, 6.07) is 23.8. The first-order valence-corrected chi connectivity index (χ1v) is 13.5. The van der Waals surface area contributed by atoms with Crippen molar-refractivity contribution in [3.63, 3.8) is 0 Å². The fraction of sp³-hybridized carbons (Fsp3) is 0.290. The second-order valence-corrected chi connectivity index (χ2v) is 9.95. The molecular formula is C31H32N6O3. The predicted octanol–water partition coefficient (Wildman–Crippen LogP) is 2.75. The van der Waals surface area contributed by atoms with E-state index in [-0.39, 0.29) is 24.1 Å². The number of nitrogens with zero attached hydrogens (tertiary/aromatic N) is 4. The molecule has 2 fully saturated rings. The number of hydrogen-bond donors (Lipinski definition) is 2. The molecule has 40 heavy (non-hydrogen) atoms. The molecule has 3 aromatic rings. The van der Waals surface area contributed by atoms with Crippen molar-refractivity contribution in [1.82, 2.24) is 15.1 Å². The number of carbonyl (C=O) groups is 3. The van der Waals surface area contributed by atoms with E-state index in [2.05, 4.69) is 21.6 Å². The van der Waals surface area contributed by atoms with E-state index in [1.54, 1.807) is 35.2 Å². The van der Waals surface area contributed by atoms with Crippen molar-refractivity contribution >= 4 is 29.1 Å². The van der Waals surface area contributed by atoms with Crippen LogP contribution < -0.4 is 15.5 Å². The van der Waals surface area contributed by atoms with Gasteiger partial charge in [0.05, 0.1) is 29.4 Å². The molecule has 9 heteroatoms. The molecule has 0 atom stereocenters. The molecule has 0 radical (unpaired) electrons. The Morgan fingerprint density at radius 2 is 1.40 bits per heavy atom. The molecule has 5 rings (SSSR count). The molecule has 2 saturated heterocycles. The quantitative estimate of drug-likeness (QED) is 0.502. The van der Waals surface area contributed by atoms with E-state index in [4.69, 9.17) is 5.26 Å². The van der Waals surface area contributed by atoms with Gasteiger partial charge < -0.3 is 25.3 Å². The van der Waals surface area contributed by atoms with Gasteiger partial charge in [0.15, 0.2) is 0 Å². The Morgan fingerprint density at radius 1 is 0.775 bits per heavy atom. The summed E-state index contributed by atoms with van der Waals surface area (Å²) in [5, 5.41) is 15.3. The van der Waals surface area contributed by atoms with Crippen molar-refractivity contribution in [2.45, 2.75) is 6.42 Å². The van der Waals surface area contributed by atoms with E-state index in [9.17, 15) is 14.4 Å². The van der Waals surface area contributed by atoms with Gasteiger partial charge in [-0.15, -0.1) is 0 Å². The van der Waals surface area contributed by atoms with Gasteiger partial charge in [0.1, 0.15) is 0 Å². The van der Waals surface area contributed by atoms with Crippen molar-refractivity contribution in [1.29, 1.82) is 5.26 Å². The Morgan fingerprint density at radius 3 is 2.08 bits per heavy atom. The first-order valence-electron chi connectivity index (χ1n) is 13.5. The number of amides is 3. The number of nitrogens with one attached hydrogen (secondary N) is 2. The highest BCUT2D eigenvalue weighted by atomic mass is 16.2. The minimum atomic E-state index is -0.158. The molecule has 0 spiro atoms. The van der Waals surface area contributed by atoms with Gasteiger partial charge in [-0.2, -0.15) is 5.26 Å². The van der Waals surface area contributed by atoms with E-state index in [0.29, 0.717) is 61.6 Å². The zero-order valence-corrected chi connectivity index (χ0v) is 22.3. The third-order valence-corrected chi connectivity index (χ3v) is 7.30. The van der Waals surface area contributed by atoms with Crippen molar-refractivity contribution in [3.8, 4) is 6.07 Å². The number of nitriles is 1. The van der Waals surface area contributed by atoms with Crippen LogP contribution in [-0.2, 0) is 11.2 Å². The maximum absolute atomic E-state index is 13.2. The molecule has 2 N–H and O–H groups in total.